The summed E-state index contributed by atoms with van der Waals surface area (Å²) in [6, 6.07) is 1.06. The summed E-state index contributed by atoms with van der Waals surface area (Å²) >= 11 is 0. The Bertz CT molecular complexity index is 341. The van der Waals surface area contributed by atoms with E-state index in [1.165, 1.54) is 0 Å². The number of nitrogens with zero attached hydrogens (tertiary/aromatic N) is 2. The fourth-order valence-corrected chi connectivity index (χ4v) is 2.41. The highest BCUT2D eigenvalue weighted by molar-refractivity contribution is 14.0. The van der Waals surface area contributed by atoms with Crippen LogP contribution in [0.2, 0.25) is 0 Å². The van der Waals surface area contributed by atoms with Crippen molar-refractivity contribution in [3.05, 3.63) is 0 Å². The molecule has 0 atom stereocenters. The first-order valence-corrected chi connectivity index (χ1v) is 8.85. The maximum Gasteiger partial charge on any atom is 0.305 e. The molecule has 2 N–H and O–H groups in total. The summed E-state index contributed by atoms with van der Waals surface area (Å²) in [5.41, 5.74) is 0. The van der Waals surface area contributed by atoms with E-state index in [1.807, 2.05) is 13.8 Å². The number of carbonyl (C=O) groups excluding carboxylic acids is 1. The third kappa shape index (κ3) is 12.8. The van der Waals surface area contributed by atoms with Crippen LogP contribution in [-0.2, 0) is 9.53 Å². The van der Waals surface area contributed by atoms with Crippen molar-refractivity contribution >= 4 is 35.9 Å². The molecule has 0 fully saturated rings. The fourth-order valence-electron chi connectivity index (χ4n) is 2.41. The van der Waals surface area contributed by atoms with Crippen LogP contribution < -0.4 is 10.6 Å². The maximum atomic E-state index is 11.3. The van der Waals surface area contributed by atoms with Gasteiger partial charge in [-0.2, -0.15) is 0 Å². The van der Waals surface area contributed by atoms with Crippen LogP contribution in [0.3, 0.4) is 0 Å². The Labute approximate surface area is 165 Å². The number of halogens is 1. The van der Waals surface area contributed by atoms with Crippen molar-refractivity contribution in [2.75, 3.05) is 32.8 Å². The van der Waals surface area contributed by atoms with E-state index in [4.69, 9.17) is 4.74 Å². The molecule has 0 spiro atoms. The van der Waals surface area contributed by atoms with E-state index in [2.05, 4.69) is 48.2 Å². The predicted octanol–water partition coefficient (Wildman–Crippen LogP) is 2.62. The highest BCUT2D eigenvalue weighted by Crippen LogP contribution is 2.03. The summed E-state index contributed by atoms with van der Waals surface area (Å²) in [6.07, 6.45) is 1.13. The van der Waals surface area contributed by atoms with Gasteiger partial charge in [-0.15, -0.1) is 24.0 Å². The van der Waals surface area contributed by atoms with Crippen LogP contribution in [0.4, 0.5) is 0 Å². The minimum atomic E-state index is -0.148. The van der Waals surface area contributed by atoms with Gasteiger partial charge in [-0.25, -0.2) is 0 Å². The van der Waals surface area contributed by atoms with Crippen LogP contribution in [0, 0.1) is 0 Å². The van der Waals surface area contributed by atoms with Gasteiger partial charge >= 0.3 is 5.97 Å². The summed E-state index contributed by atoms with van der Waals surface area (Å²) in [5.74, 6) is 0.661. The third-order valence-corrected chi connectivity index (χ3v) is 3.45. The molecule has 144 valence electrons. The van der Waals surface area contributed by atoms with E-state index in [9.17, 15) is 4.79 Å². The molecule has 0 aromatic carbocycles. The van der Waals surface area contributed by atoms with Crippen LogP contribution in [-0.4, -0.2) is 61.7 Å². The van der Waals surface area contributed by atoms with Crippen LogP contribution in [0.15, 0.2) is 4.99 Å². The Morgan fingerprint density at radius 1 is 1.12 bits per heavy atom. The SMILES string of the molecule is CCNC(=NCCCC(=O)OCC)NCCN(C(C)C)C(C)C.I. The Morgan fingerprint density at radius 2 is 1.75 bits per heavy atom. The predicted molar refractivity (Wildman–Crippen MR) is 112 cm³/mol. The second-order valence-corrected chi connectivity index (χ2v) is 6.02. The minimum Gasteiger partial charge on any atom is -0.466 e. The van der Waals surface area contributed by atoms with E-state index < -0.39 is 0 Å². The molecule has 0 aliphatic rings. The zero-order valence-electron chi connectivity index (χ0n) is 16.2. The average Bonchev–Trinajstić information content (AvgIpc) is 2.47. The summed E-state index contributed by atoms with van der Waals surface area (Å²) in [7, 11) is 0. The second kappa shape index (κ2) is 15.9. The van der Waals surface area contributed by atoms with E-state index >= 15 is 0 Å². The molecule has 0 saturated carbocycles. The summed E-state index contributed by atoms with van der Waals surface area (Å²) in [6.45, 7) is 16.4. The number of nitrogens with one attached hydrogen (secondary N) is 2. The van der Waals surface area contributed by atoms with Crippen molar-refractivity contribution in [1.29, 1.82) is 0 Å². The molecule has 0 bridgehead atoms. The molecular weight excluding hydrogens is 419 g/mol. The largest absolute Gasteiger partial charge is 0.466 e. The lowest BCUT2D eigenvalue weighted by molar-refractivity contribution is -0.143. The van der Waals surface area contributed by atoms with Gasteiger partial charge in [0, 0.05) is 44.7 Å². The van der Waals surface area contributed by atoms with Crippen molar-refractivity contribution < 1.29 is 9.53 Å². The normalized spacial score (nSPS) is 11.6. The highest BCUT2D eigenvalue weighted by atomic mass is 127. The zero-order valence-corrected chi connectivity index (χ0v) is 18.6. The van der Waals surface area contributed by atoms with Gasteiger partial charge in [-0.1, -0.05) is 0 Å². The van der Waals surface area contributed by atoms with Gasteiger partial charge in [0.2, 0.25) is 0 Å². The second-order valence-electron chi connectivity index (χ2n) is 6.02. The van der Waals surface area contributed by atoms with Crippen LogP contribution >= 0.6 is 24.0 Å². The quantitative estimate of drug-likeness (QED) is 0.165. The van der Waals surface area contributed by atoms with E-state index in [0.29, 0.717) is 38.1 Å². The molecule has 0 aliphatic heterocycles. The van der Waals surface area contributed by atoms with Gasteiger partial charge in [-0.05, 0) is 48.0 Å². The van der Waals surface area contributed by atoms with Crippen LogP contribution in [0.25, 0.3) is 0 Å². The molecule has 6 nitrogen and oxygen atoms in total. The first-order valence-electron chi connectivity index (χ1n) is 8.85. The van der Waals surface area contributed by atoms with Crippen LogP contribution in [0.1, 0.15) is 54.4 Å². The summed E-state index contributed by atoms with van der Waals surface area (Å²) in [5, 5.41) is 6.59. The van der Waals surface area contributed by atoms with Gasteiger partial charge in [0.1, 0.15) is 0 Å². The van der Waals surface area contributed by atoms with Gasteiger partial charge in [0.15, 0.2) is 5.96 Å². The van der Waals surface area contributed by atoms with Gasteiger partial charge in [-0.3, -0.25) is 14.7 Å². The molecule has 0 aliphatic carbocycles. The summed E-state index contributed by atoms with van der Waals surface area (Å²) < 4.78 is 4.91. The summed E-state index contributed by atoms with van der Waals surface area (Å²) in [4.78, 5) is 18.2. The lowest BCUT2D eigenvalue weighted by atomic mass is 10.2. The number of esters is 1. The standard InChI is InChI=1S/C17H36N4O2.HI/c1-7-18-17(19-11-9-10-16(22)23-8-2)20-12-13-21(14(3)4)15(5)6;/h14-15H,7-13H2,1-6H3,(H2,18,19,20);1H. The number of rotatable bonds is 11. The maximum absolute atomic E-state index is 11.3. The molecule has 7 heteroatoms. The molecular formula is C17H37IN4O2. The van der Waals surface area contributed by atoms with Crippen molar-refractivity contribution in [3.8, 4) is 0 Å². The number of ether oxygens (including phenoxy) is 1. The van der Waals surface area contributed by atoms with Crippen molar-refractivity contribution in [1.82, 2.24) is 15.5 Å². The number of guanidine groups is 1. The highest BCUT2D eigenvalue weighted by Gasteiger charge is 2.12. The molecule has 0 aromatic heterocycles. The first kappa shape index (κ1) is 25.7. The van der Waals surface area contributed by atoms with Crippen molar-refractivity contribution in [2.24, 2.45) is 4.99 Å². The zero-order chi connectivity index (χ0) is 17.7. The fraction of sp³-hybridized carbons (Fsp3) is 0.882. The molecule has 0 saturated heterocycles. The number of hydrogen-bond donors (Lipinski definition) is 2. The molecule has 0 unspecified atom stereocenters. The number of carbonyl (C=O) groups is 1. The third-order valence-electron chi connectivity index (χ3n) is 3.45. The number of hydrogen-bond acceptors (Lipinski definition) is 4. The molecule has 0 rings (SSSR count). The lowest BCUT2D eigenvalue weighted by Crippen LogP contribution is -2.45. The first-order chi connectivity index (χ1) is 10.9. The van der Waals surface area contributed by atoms with Crippen molar-refractivity contribution in [3.63, 3.8) is 0 Å². The molecule has 0 radical (unpaired) electrons. The van der Waals surface area contributed by atoms with E-state index in [0.717, 1.165) is 25.6 Å². The topological polar surface area (TPSA) is 66.0 Å². The Balaban J connectivity index is 0. The average molecular weight is 456 g/mol. The van der Waals surface area contributed by atoms with Gasteiger partial charge in [0.05, 0.1) is 6.61 Å². The molecule has 24 heavy (non-hydrogen) atoms. The molecule has 0 heterocycles. The Kier molecular flexibility index (Phi) is 17.0. The van der Waals surface area contributed by atoms with Crippen LogP contribution in [0.5, 0.6) is 0 Å². The van der Waals surface area contributed by atoms with Gasteiger partial charge < -0.3 is 15.4 Å². The minimum absolute atomic E-state index is 0. The Morgan fingerprint density at radius 3 is 2.25 bits per heavy atom. The number of aliphatic imine (C=N–C) groups is 1. The monoisotopic (exact) mass is 456 g/mol. The lowest BCUT2D eigenvalue weighted by Gasteiger charge is -2.30. The van der Waals surface area contributed by atoms with Crippen molar-refractivity contribution in [2.45, 2.75) is 66.5 Å². The molecule has 0 amide bonds. The van der Waals surface area contributed by atoms with E-state index in [-0.39, 0.29) is 29.9 Å². The Hall–Kier alpha value is -0.570. The molecule has 0 aromatic rings. The van der Waals surface area contributed by atoms with Gasteiger partial charge in [0.25, 0.3) is 0 Å². The van der Waals surface area contributed by atoms with E-state index in [1.54, 1.807) is 0 Å². The smallest absolute Gasteiger partial charge is 0.305 e.